The molecule has 2 aromatic rings. The average Bonchev–Trinajstić information content (AvgIpc) is 2.26. The van der Waals surface area contributed by atoms with Gasteiger partial charge in [0.05, 0.1) is 0 Å². The number of carbonyl (C=O) groups is 1. The van der Waals surface area contributed by atoms with Crippen molar-refractivity contribution in [2.45, 2.75) is 13.5 Å². The molecule has 1 aromatic carbocycles. The fourth-order valence-corrected chi connectivity index (χ4v) is 1.53. The summed E-state index contributed by atoms with van der Waals surface area (Å²) in [7, 11) is -4.94. The summed E-state index contributed by atoms with van der Waals surface area (Å²) in [5.74, 6) is 0.172. The van der Waals surface area contributed by atoms with Gasteiger partial charge in [-0.15, -0.1) is 10.2 Å². The third kappa shape index (κ3) is 6.80. The molecule has 0 fully saturated rings. The molecule has 0 unspecified atom stereocenters. The van der Waals surface area contributed by atoms with E-state index in [-0.39, 0.29) is 5.78 Å². The zero-order valence-electron chi connectivity index (χ0n) is 10.1. The summed E-state index contributed by atoms with van der Waals surface area (Å²) in [5, 5.41) is 2.36. The van der Waals surface area contributed by atoms with Gasteiger partial charge >= 0.3 is 0 Å². The molecular formula is C12H12ClNO5. The van der Waals surface area contributed by atoms with E-state index in [4.69, 9.17) is 18.6 Å². The van der Waals surface area contributed by atoms with Gasteiger partial charge in [-0.2, -0.15) is 4.57 Å². The Kier molecular flexibility index (Phi) is 5.34. The normalized spacial score (nSPS) is 10.8. The van der Waals surface area contributed by atoms with Gasteiger partial charge in [-0.05, 0) is 11.5 Å². The summed E-state index contributed by atoms with van der Waals surface area (Å²) >= 11 is 0. The second-order valence-corrected chi connectivity index (χ2v) is 4.58. The highest BCUT2D eigenvalue weighted by molar-refractivity contribution is 5.80. The molecule has 0 saturated carbocycles. The number of aromatic nitrogens is 1. The molecule has 6 nitrogen and oxygen atoms in total. The van der Waals surface area contributed by atoms with Gasteiger partial charge in [0, 0.05) is 18.4 Å². The SMILES string of the molecule is CC(=O)C[n+]1ccc2ccccc2c1.[O-][Cl+3]([O-])([O-])[O-]. The summed E-state index contributed by atoms with van der Waals surface area (Å²) < 4.78 is 35.9. The van der Waals surface area contributed by atoms with Crippen LogP contribution in [0, 0.1) is 10.2 Å². The van der Waals surface area contributed by atoms with Crippen LogP contribution in [0.3, 0.4) is 0 Å². The molecule has 0 N–H and O–H groups in total. The molecule has 1 heterocycles. The highest BCUT2D eigenvalue weighted by atomic mass is 35.7. The Labute approximate surface area is 111 Å². The van der Waals surface area contributed by atoms with Crippen molar-refractivity contribution in [3.63, 3.8) is 0 Å². The van der Waals surface area contributed by atoms with Gasteiger partial charge in [0.2, 0.25) is 6.54 Å². The zero-order valence-corrected chi connectivity index (χ0v) is 10.9. The van der Waals surface area contributed by atoms with Crippen molar-refractivity contribution in [2.24, 2.45) is 0 Å². The maximum absolute atomic E-state index is 10.9. The number of halogens is 1. The van der Waals surface area contributed by atoms with E-state index in [1.165, 1.54) is 5.39 Å². The van der Waals surface area contributed by atoms with Crippen molar-refractivity contribution in [3.05, 3.63) is 42.7 Å². The molecule has 0 radical (unpaired) electrons. The number of rotatable bonds is 2. The van der Waals surface area contributed by atoms with Gasteiger partial charge in [0.15, 0.2) is 18.2 Å². The molecule has 0 aliphatic heterocycles. The Bertz CT molecular complexity index is 561. The minimum Gasteiger partial charge on any atom is -0.293 e. The second kappa shape index (κ2) is 6.55. The molecule has 102 valence electrons. The molecule has 19 heavy (non-hydrogen) atoms. The number of fused-ring (bicyclic) bond motifs is 1. The minimum atomic E-state index is -4.94. The fourth-order valence-electron chi connectivity index (χ4n) is 1.53. The van der Waals surface area contributed by atoms with Crippen molar-refractivity contribution in [1.82, 2.24) is 0 Å². The molecule has 0 amide bonds. The Morgan fingerprint density at radius 1 is 1.11 bits per heavy atom. The standard InChI is InChI=1S/C12H12NO.ClHO4/c1-10(14)8-13-7-6-11-4-2-3-5-12(11)9-13;2-1(3,4)5/h2-7,9H,8H2,1H3;(H,2,3,4,5)/q+1;/p-1. The van der Waals surface area contributed by atoms with Crippen molar-refractivity contribution in [1.29, 1.82) is 0 Å². The van der Waals surface area contributed by atoms with E-state index in [1.54, 1.807) is 6.92 Å². The Hall–Kier alpha value is -1.57. The van der Waals surface area contributed by atoms with Gasteiger partial charge in [-0.1, -0.05) is 18.2 Å². The number of pyridine rings is 1. The van der Waals surface area contributed by atoms with Gasteiger partial charge in [-0.3, -0.25) is 4.79 Å². The first-order chi connectivity index (χ1) is 8.75. The summed E-state index contributed by atoms with van der Waals surface area (Å²) in [4.78, 5) is 10.9. The summed E-state index contributed by atoms with van der Waals surface area (Å²) in [6.45, 7) is 2.05. The maximum atomic E-state index is 10.9. The van der Waals surface area contributed by atoms with Crippen LogP contribution in [-0.4, -0.2) is 5.78 Å². The van der Waals surface area contributed by atoms with Crippen molar-refractivity contribution in [2.75, 3.05) is 0 Å². The molecular weight excluding hydrogens is 274 g/mol. The predicted molar refractivity (Wildman–Crippen MR) is 54.8 cm³/mol. The monoisotopic (exact) mass is 285 g/mol. The molecule has 0 saturated heterocycles. The lowest BCUT2D eigenvalue weighted by molar-refractivity contribution is -2.00. The Balaban J connectivity index is 0.000000312. The molecule has 7 heteroatoms. The van der Waals surface area contributed by atoms with E-state index in [0.717, 1.165) is 5.39 Å². The quantitative estimate of drug-likeness (QED) is 0.544. The van der Waals surface area contributed by atoms with Gasteiger partial charge in [0.25, 0.3) is 0 Å². The van der Waals surface area contributed by atoms with Crippen LogP contribution in [0.15, 0.2) is 42.7 Å². The third-order valence-corrected chi connectivity index (χ3v) is 2.15. The lowest BCUT2D eigenvalue weighted by Gasteiger charge is -2.17. The third-order valence-electron chi connectivity index (χ3n) is 2.15. The molecule has 0 bridgehead atoms. The predicted octanol–water partition coefficient (Wildman–Crippen LogP) is -3.04. The molecule has 0 aliphatic carbocycles. The van der Waals surface area contributed by atoms with Gasteiger partial charge < -0.3 is 0 Å². The number of benzene rings is 1. The second-order valence-electron chi connectivity index (χ2n) is 3.83. The van der Waals surface area contributed by atoms with E-state index < -0.39 is 10.2 Å². The summed E-state index contributed by atoms with van der Waals surface area (Å²) in [6, 6.07) is 10.1. The number of Topliss-reactive ketones (excluding diaryl/α,β-unsaturated/α-hetero) is 1. The van der Waals surface area contributed by atoms with Gasteiger partial charge in [0.1, 0.15) is 0 Å². The van der Waals surface area contributed by atoms with Crippen LogP contribution >= 0.6 is 0 Å². The molecule has 0 atom stereocenters. The van der Waals surface area contributed by atoms with E-state index >= 15 is 0 Å². The highest BCUT2D eigenvalue weighted by Crippen LogP contribution is 2.09. The summed E-state index contributed by atoms with van der Waals surface area (Å²) in [5.41, 5.74) is 0. The van der Waals surface area contributed by atoms with Crippen LogP contribution in [0.2, 0.25) is 0 Å². The Morgan fingerprint density at radius 3 is 2.16 bits per heavy atom. The van der Waals surface area contributed by atoms with Crippen LogP contribution in [0.25, 0.3) is 10.8 Å². The topological polar surface area (TPSA) is 113 Å². The first kappa shape index (κ1) is 15.5. The number of carbonyl (C=O) groups excluding carboxylic acids is 1. The van der Waals surface area contributed by atoms with E-state index in [9.17, 15) is 4.79 Å². The lowest BCUT2D eigenvalue weighted by Crippen LogP contribution is -2.68. The Morgan fingerprint density at radius 2 is 1.63 bits per heavy atom. The van der Waals surface area contributed by atoms with Crippen molar-refractivity contribution in [3.8, 4) is 0 Å². The number of nitrogens with zero attached hydrogens (tertiary/aromatic N) is 1. The lowest BCUT2D eigenvalue weighted by atomic mass is 10.2. The number of hydrogen-bond donors (Lipinski definition) is 0. The average molecular weight is 286 g/mol. The van der Waals surface area contributed by atoms with Crippen LogP contribution in [-0.2, 0) is 11.3 Å². The smallest absolute Gasteiger partial charge is 0.206 e. The summed E-state index contributed by atoms with van der Waals surface area (Å²) in [6.07, 6.45) is 3.93. The van der Waals surface area contributed by atoms with Crippen LogP contribution < -0.4 is 23.2 Å². The van der Waals surface area contributed by atoms with Crippen LogP contribution in [0.4, 0.5) is 0 Å². The largest absolute Gasteiger partial charge is 0.293 e. The molecule has 0 aliphatic rings. The van der Waals surface area contributed by atoms with Crippen LogP contribution in [0.5, 0.6) is 0 Å². The molecule has 2 rings (SSSR count). The fraction of sp³-hybridized carbons (Fsp3) is 0.167. The minimum absolute atomic E-state index is 0.172. The first-order valence-corrected chi connectivity index (χ1v) is 6.48. The highest BCUT2D eigenvalue weighted by Gasteiger charge is 2.04. The zero-order chi connectivity index (χ0) is 14.5. The van der Waals surface area contributed by atoms with Crippen molar-refractivity contribution < 1.29 is 38.2 Å². The van der Waals surface area contributed by atoms with E-state index in [1.807, 2.05) is 41.2 Å². The first-order valence-electron chi connectivity index (χ1n) is 5.25. The number of hydrogen-bond acceptors (Lipinski definition) is 5. The van der Waals surface area contributed by atoms with E-state index in [2.05, 4.69) is 6.07 Å². The van der Waals surface area contributed by atoms with Crippen LogP contribution in [0.1, 0.15) is 6.92 Å². The van der Waals surface area contributed by atoms with Gasteiger partial charge in [-0.25, -0.2) is 18.6 Å². The number of ketones is 1. The van der Waals surface area contributed by atoms with E-state index in [0.29, 0.717) is 6.54 Å². The molecule has 1 aromatic heterocycles. The maximum Gasteiger partial charge on any atom is 0.206 e. The van der Waals surface area contributed by atoms with Crippen molar-refractivity contribution >= 4 is 16.6 Å². The molecule has 0 spiro atoms.